The van der Waals surface area contributed by atoms with Gasteiger partial charge in [-0.3, -0.25) is 14.0 Å². The zero-order chi connectivity index (χ0) is 17.4. The van der Waals surface area contributed by atoms with E-state index in [9.17, 15) is 9.59 Å². The zero-order valence-corrected chi connectivity index (χ0v) is 14.2. The van der Waals surface area contributed by atoms with E-state index in [1.165, 1.54) is 0 Å². The number of piperidine rings is 1. The highest BCUT2D eigenvalue weighted by atomic mass is 16.2. The number of carbonyl (C=O) groups excluding carboxylic acids is 1. The summed E-state index contributed by atoms with van der Waals surface area (Å²) in [7, 11) is 1.72. The number of aromatic amines is 1. The van der Waals surface area contributed by atoms with Crippen LogP contribution >= 0.6 is 0 Å². The molecule has 0 aliphatic carbocycles. The first-order valence-electron chi connectivity index (χ1n) is 8.60. The summed E-state index contributed by atoms with van der Waals surface area (Å²) in [6.07, 6.45) is 6.81. The quantitative estimate of drug-likeness (QED) is 0.790. The number of likely N-dealkylation sites (tertiary alicyclic amines) is 1. The van der Waals surface area contributed by atoms with Gasteiger partial charge in [-0.05, 0) is 43.5 Å². The average Bonchev–Trinajstić information content (AvgIpc) is 3.23. The first-order valence-corrected chi connectivity index (χ1v) is 8.60. The van der Waals surface area contributed by atoms with Crippen molar-refractivity contribution in [2.24, 2.45) is 7.05 Å². The highest BCUT2D eigenvalue weighted by molar-refractivity contribution is 5.97. The van der Waals surface area contributed by atoms with Crippen molar-refractivity contribution in [1.82, 2.24) is 24.2 Å². The molecule has 1 amide bonds. The second-order valence-corrected chi connectivity index (χ2v) is 6.60. The Bertz CT molecular complexity index is 954. The third-order valence-corrected chi connectivity index (χ3v) is 5.00. The molecule has 7 heteroatoms. The van der Waals surface area contributed by atoms with Crippen molar-refractivity contribution in [2.45, 2.75) is 31.8 Å². The van der Waals surface area contributed by atoms with Crippen LogP contribution < -0.4 is 5.69 Å². The van der Waals surface area contributed by atoms with Crippen LogP contribution in [0.4, 0.5) is 0 Å². The minimum Gasteiger partial charge on any atom is -0.334 e. The maximum Gasteiger partial charge on any atom is 0.326 e. The minimum atomic E-state index is -0.172. The Balaban J connectivity index is 1.62. The van der Waals surface area contributed by atoms with Gasteiger partial charge in [-0.25, -0.2) is 4.79 Å². The summed E-state index contributed by atoms with van der Waals surface area (Å²) >= 11 is 0. The molecule has 0 saturated carbocycles. The number of hydrogen-bond acceptors (Lipinski definition) is 3. The number of aryl methyl sites for hydroxylation is 1. The number of rotatable bonds is 3. The van der Waals surface area contributed by atoms with E-state index < -0.39 is 0 Å². The Morgan fingerprint density at radius 1 is 1.36 bits per heavy atom. The molecule has 1 aliphatic rings. The van der Waals surface area contributed by atoms with Gasteiger partial charge in [-0.1, -0.05) is 0 Å². The molecule has 0 unspecified atom stereocenters. The SMILES string of the molecule is Cn1c(=O)[nH]c2cc(C(=O)N3CCCC[C@H]3Cn3cccn3)ccc21. The second-order valence-electron chi connectivity index (χ2n) is 6.60. The smallest absolute Gasteiger partial charge is 0.326 e. The number of fused-ring (bicyclic) bond motifs is 1. The Morgan fingerprint density at radius 2 is 2.24 bits per heavy atom. The fraction of sp³-hybridized carbons (Fsp3) is 0.389. The van der Waals surface area contributed by atoms with Crippen molar-refractivity contribution >= 4 is 16.9 Å². The summed E-state index contributed by atoms with van der Waals surface area (Å²) in [5.41, 5.74) is 1.93. The molecule has 1 aromatic carbocycles. The van der Waals surface area contributed by atoms with E-state index >= 15 is 0 Å². The molecule has 0 bridgehead atoms. The molecule has 1 atom stereocenters. The molecule has 3 aromatic rings. The van der Waals surface area contributed by atoms with Crippen molar-refractivity contribution < 1.29 is 4.79 Å². The van der Waals surface area contributed by atoms with E-state index in [1.54, 1.807) is 29.9 Å². The molecule has 1 fully saturated rings. The van der Waals surface area contributed by atoms with Crippen LogP contribution in [0.3, 0.4) is 0 Å². The van der Waals surface area contributed by atoms with E-state index in [4.69, 9.17) is 0 Å². The Kier molecular flexibility index (Phi) is 3.91. The lowest BCUT2D eigenvalue weighted by Gasteiger charge is -2.35. The van der Waals surface area contributed by atoms with E-state index in [0.717, 1.165) is 31.3 Å². The summed E-state index contributed by atoms with van der Waals surface area (Å²) in [4.78, 5) is 29.6. The molecule has 4 rings (SSSR count). The van der Waals surface area contributed by atoms with E-state index in [0.29, 0.717) is 17.6 Å². The molecule has 7 nitrogen and oxygen atoms in total. The predicted octanol–water partition coefficient (Wildman–Crippen LogP) is 1.76. The van der Waals surface area contributed by atoms with Gasteiger partial charge in [0, 0.05) is 31.5 Å². The van der Waals surface area contributed by atoms with Gasteiger partial charge in [0.05, 0.1) is 23.6 Å². The molecule has 1 saturated heterocycles. The lowest BCUT2D eigenvalue weighted by atomic mass is 10.0. The van der Waals surface area contributed by atoms with Crippen LogP contribution in [0, 0.1) is 0 Å². The third-order valence-electron chi connectivity index (χ3n) is 5.00. The maximum atomic E-state index is 13.1. The number of nitrogens with zero attached hydrogens (tertiary/aromatic N) is 4. The van der Waals surface area contributed by atoms with Gasteiger partial charge in [-0.15, -0.1) is 0 Å². The molecule has 0 spiro atoms. The van der Waals surface area contributed by atoms with Gasteiger partial charge in [0.2, 0.25) is 0 Å². The average molecular weight is 339 g/mol. The predicted molar refractivity (Wildman–Crippen MR) is 94.4 cm³/mol. The number of nitrogens with one attached hydrogen (secondary N) is 1. The Hall–Kier alpha value is -2.83. The fourth-order valence-electron chi connectivity index (χ4n) is 3.62. The second kappa shape index (κ2) is 6.23. The molecule has 130 valence electrons. The topological polar surface area (TPSA) is 75.9 Å². The number of hydrogen-bond donors (Lipinski definition) is 1. The minimum absolute atomic E-state index is 0.0171. The van der Waals surface area contributed by atoms with Gasteiger partial charge in [0.15, 0.2) is 0 Å². The standard InChI is InChI=1S/C18H21N5O2/c1-21-16-7-6-13(11-15(16)20-18(21)25)17(24)23-10-3-2-5-14(23)12-22-9-4-8-19-22/h4,6-9,11,14H,2-3,5,10,12H2,1H3,(H,20,25)/t14-/m0/s1. The molecule has 3 heterocycles. The Labute approximate surface area is 144 Å². The number of benzene rings is 1. The molecular weight excluding hydrogens is 318 g/mol. The fourth-order valence-corrected chi connectivity index (χ4v) is 3.62. The molecule has 25 heavy (non-hydrogen) atoms. The first-order chi connectivity index (χ1) is 12.1. The zero-order valence-electron chi connectivity index (χ0n) is 14.2. The highest BCUT2D eigenvalue weighted by Gasteiger charge is 2.28. The van der Waals surface area contributed by atoms with Crippen LogP contribution in [0.2, 0.25) is 0 Å². The lowest BCUT2D eigenvalue weighted by Crippen LogP contribution is -2.45. The van der Waals surface area contributed by atoms with Crippen molar-refractivity contribution in [3.8, 4) is 0 Å². The van der Waals surface area contributed by atoms with Crippen molar-refractivity contribution in [1.29, 1.82) is 0 Å². The largest absolute Gasteiger partial charge is 0.334 e. The number of amides is 1. The van der Waals surface area contributed by atoms with Crippen molar-refractivity contribution in [3.05, 3.63) is 52.7 Å². The van der Waals surface area contributed by atoms with E-state index in [1.807, 2.05) is 27.9 Å². The molecule has 2 aromatic heterocycles. The summed E-state index contributed by atoms with van der Waals surface area (Å²) < 4.78 is 3.43. The number of imidazole rings is 1. The van der Waals surface area contributed by atoms with E-state index in [2.05, 4.69) is 10.1 Å². The van der Waals surface area contributed by atoms with Crippen LogP contribution in [0.5, 0.6) is 0 Å². The third kappa shape index (κ3) is 2.86. The monoisotopic (exact) mass is 339 g/mol. The van der Waals surface area contributed by atoms with Gasteiger partial charge in [0.1, 0.15) is 0 Å². The van der Waals surface area contributed by atoms with Crippen LogP contribution in [0.15, 0.2) is 41.5 Å². The number of carbonyl (C=O) groups is 1. The Morgan fingerprint density at radius 3 is 3.04 bits per heavy atom. The van der Waals surface area contributed by atoms with Crippen LogP contribution in [-0.2, 0) is 13.6 Å². The van der Waals surface area contributed by atoms with Gasteiger partial charge < -0.3 is 9.88 Å². The molecular formula is C18H21N5O2. The maximum absolute atomic E-state index is 13.1. The lowest BCUT2D eigenvalue weighted by molar-refractivity contribution is 0.0584. The van der Waals surface area contributed by atoms with Crippen molar-refractivity contribution in [3.63, 3.8) is 0 Å². The normalized spacial score (nSPS) is 18.0. The molecule has 0 radical (unpaired) electrons. The van der Waals surface area contributed by atoms with Crippen LogP contribution in [0.1, 0.15) is 29.6 Å². The van der Waals surface area contributed by atoms with E-state index in [-0.39, 0.29) is 17.6 Å². The highest BCUT2D eigenvalue weighted by Crippen LogP contribution is 2.22. The number of aromatic nitrogens is 4. The first kappa shape index (κ1) is 15.7. The summed E-state index contributed by atoms with van der Waals surface area (Å²) in [6.45, 7) is 1.47. The summed E-state index contributed by atoms with van der Waals surface area (Å²) in [5, 5.41) is 4.27. The van der Waals surface area contributed by atoms with Gasteiger partial charge in [0.25, 0.3) is 5.91 Å². The van der Waals surface area contributed by atoms with Gasteiger partial charge >= 0.3 is 5.69 Å². The van der Waals surface area contributed by atoms with Gasteiger partial charge in [-0.2, -0.15) is 5.10 Å². The molecule has 1 aliphatic heterocycles. The summed E-state index contributed by atoms with van der Waals surface area (Å²) in [5.74, 6) is 0.0171. The number of H-pyrrole nitrogens is 1. The van der Waals surface area contributed by atoms with Crippen LogP contribution in [0.25, 0.3) is 11.0 Å². The van der Waals surface area contributed by atoms with Crippen molar-refractivity contribution in [2.75, 3.05) is 6.54 Å². The molecule has 1 N–H and O–H groups in total. The van der Waals surface area contributed by atoms with Crippen LogP contribution in [-0.4, -0.2) is 42.7 Å². The summed E-state index contributed by atoms with van der Waals surface area (Å²) in [6, 6.07) is 7.45.